The van der Waals surface area contributed by atoms with Crippen LogP contribution in [-0.2, 0) is 10.0 Å². The Labute approximate surface area is 116 Å². The zero-order valence-electron chi connectivity index (χ0n) is 10.1. The summed E-state index contributed by atoms with van der Waals surface area (Å²) >= 11 is 3.26. The lowest BCUT2D eigenvalue weighted by atomic mass is 10.1. The predicted molar refractivity (Wildman–Crippen MR) is 75.0 cm³/mol. The quantitative estimate of drug-likeness (QED) is 0.914. The fraction of sp³-hybridized carbons (Fsp3) is 0.545. The minimum absolute atomic E-state index is 0.360. The lowest BCUT2D eigenvalue weighted by molar-refractivity contribution is 0.278. The average molecular weight is 334 g/mol. The smallest absolute Gasteiger partial charge is 0.238 e. The van der Waals surface area contributed by atoms with Gasteiger partial charge in [-0.15, -0.1) is 0 Å². The van der Waals surface area contributed by atoms with Gasteiger partial charge in [0, 0.05) is 17.2 Å². The van der Waals surface area contributed by atoms with E-state index in [4.69, 9.17) is 0 Å². The van der Waals surface area contributed by atoms with Gasteiger partial charge < -0.3 is 4.90 Å². The number of piperidine rings is 1. The number of aromatic nitrogens is 1. The van der Waals surface area contributed by atoms with Gasteiger partial charge in [-0.2, -0.15) is 0 Å². The van der Waals surface area contributed by atoms with Crippen LogP contribution in [0.4, 0.5) is 5.82 Å². The standard InChI is InChI=1S/C11H16BrN3O2S/c1-15-6-2-3-10(8-15)18(16,17)14-11-5-4-9(12)7-13-11/h4-5,7,10H,2-3,6,8H2,1H3,(H,13,14). The van der Waals surface area contributed by atoms with Gasteiger partial charge in [0.1, 0.15) is 5.82 Å². The van der Waals surface area contributed by atoms with Crippen LogP contribution in [0.25, 0.3) is 0 Å². The lowest BCUT2D eigenvalue weighted by Gasteiger charge is -2.29. The van der Waals surface area contributed by atoms with Gasteiger partial charge in [0.25, 0.3) is 0 Å². The summed E-state index contributed by atoms with van der Waals surface area (Å²) < 4.78 is 27.8. The largest absolute Gasteiger partial charge is 0.305 e. The Kier molecular flexibility index (Phi) is 4.24. The van der Waals surface area contributed by atoms with E-state index in [2.05, 4.69) is 25.6 Å². The summed E-state index contributed by atoms with van der Waals surface area (Å²) in [5.74, 6) is 0.367. The Balaban J connectivity index is 2.09. The molecule has 0 aromatic carbocycles. The van der Waals surface area contributed by atoms with Gasteiger partial charge in [0.15, 0.2) is 0 Å². The number of rotatable bonds is 3. The molecule has 1 aromatic heterocycles. The van der Waals surface area contributed by atoms with Crippen LogP contribution >= 0.6 is 15.9 Å². The molecule has 0 bridgehead atoms. The zero-order valence-corrected chi connectivity index (χ0v) is 12.5. The van der Waals surface area contributed by atoms with Crippen LogP contribution in [0.15, 0.2) is 22.8 Å². The van der Waals surface area contributed by atoms with Crippen molar-refractivity contribution in [2.45, 2.75) is 18.1 Å². The second-order valence-electron chi connectivity index (χ2n) is 4.54. The minimum atomic E-state index is -3.35. The summed E-state index contributed by atoms with van der Waals surface area (Å²) in [5.41, 5.74) is 0. The van der Waals surface area contributed by atoms with Gasteiger partial charge in [0.2, 0.25) is 10.0 Å². The molecule has 0 aliphatic carbocycles. The Bertz CT molecular complexity index is 504. The van der Waals surface area contributed by atoms with Crippen LogP contribution in [0, 0.1) is 0 Å². The first-order valence-electron chi connectivity index (χ1n) is 5.79. The van der Waals surface area contributed by atoms with Crippen LogP contribution in [0.5, 0.6) is 0 Å². The van der Waals surface area contributed by atoms with Gasteiger partial charge in [0.05, 0.1) is 5.25 Å². The maximum atomic E-state index is 12.2. The Morgan fingerprint density at radius 2 is 2.28 bits per heavy atom. The van der Waals surface area contributed by atoms with E-state index in [-0.39, 0.29) is 5.25 Å². The average Bonchev–Trinajstić information content (AvgIpc) is 2.32. The molecule has 1 fully saturated rings. The number of hydrogen-bond donors (Lipinski definition) is 1. The first kappa shape index (κ1) is 13.8. The predicted octanol–water partition coefficient (Wildman–Crippen LogP) is 1.68. The van der Waals surface area contributed by atoms with Crippen molar-refractivity contribution in [3.63, 3.8) is 0 Å². The molecule has 1 saturated heterocycles. The second kappa shape index (κ2) is 5.54. The molecule has 1 aliphatic rings. The number of pyridine rings is 1. The van der Waals surface area contributed by atoms with Gasteiger partial charge >= 0.3 is 0 Å². The normalized spacial score (nSPS) is 21.8. The molecule has 2 heterocycles. The van der Waals surface area contributed by atoms with E-state index in [1.165, 1.54) is 0 Å². The van der Waals surface area contributed by atoms with Gasteiger partial charge in [-0.1, -0.05) is 0 Å². The topological polar surface area (TPSA) is 62.3 Å². The van der Waals surface area contributed by atoms with Gasteiger partial charge in [-0.05, 0) is 54.5 Å². The van der Waals surface area contributed by atoms with Crippen molar-refractivity contribution in [2.24, 2.45) is 0 Å². The van der Waals surface area contributed by atoms with Gasteiger partial charge in [-0.3, -0.25) is 4.72 Å². The molecule has 0 radical (unpaired) electrons. The molecule has 0 saturated carbocycles. The molecule has 7 heteroatoms. The van der Waals surface area contributed by atoms with E-state index in [0.717, 1.165) is 17.4 Å². The molecule has 2 rings (SSSR count). The first-order valence-corrected chi connectivity index (χ1v) is 8.13. The molecule has 1 aliphatic heterocycles. The molecular weight excluding hydrogens is 318 g/mol. The fourth-order valence-corrected chi connectivity index (χ4v) is 3.78. The molecule has 1 atom stereocenters. The van der Waals surface area contributed by atoms with Crippen molar-refractivity contribution in [2.75, 3.05) is 24.9 Å². The number of halogens is 1. The second-order valence-corrected chi connectivity index (χ2v) is 7.41. The number of hydrogen-bond acceptors (Lipinski definition) is 4. The Morgan fingerprint density at radius 3 is 2.89 bits per heavy atom. The molecule has 0 amide bonds. The van der Waals surface area contributed by atoms with E-state index in [1.54, 1.807) is 18.3 Å². The number of anilines is 1. The molecule has 18 heavy (non-hydrogen) atoms. The summed E-state index contributed by atoms with van der Waals surface area (Å²) in [4.78, 5) is 6.07. The third-order valence-corrected chi connectivity index (χ3v) is 5.22. The summed E-state index contributed by atoms with van der Waals surface area (Å²) in [6, 6.07) is 3.41. The highest BCUT2D eigenvalue weighted by Crippen LogP contribution is 2.19. The maximum absolute atomic E-state index is 12.2. The molecule has 1 N–H and O–H groups in total. The third-order valence-electron chi connectivity index (χ3n) is 2.99. The minimum Gasteiger partial charge on any atom is -0.305 e. The zero-order chi connectivity index (χ0) is 13.2. The highest BCUT2D eigenvalue weighted by Gasteiger charge is 2.29. The summed E-state index contributed by atoms with van der Waals surface area (Å²) in [6.45, 7) is 1.54. The van der Waals surface area contributed by atoms with E-state index in [1.807, 2.05) is 11.9 Å². The SMILES string of the molecule is CN1CCCC(S(=O)(=O)Nc2ccc(Br)cn2)C1. The molecule has 1 unspecified atom stereocenters. The van der Waals surface area contributed by atoms with Crippen molar-refractivity contribution >= 4 is 31.8 Å². The van der Waals surface area contributed by atoms with E-state index in [9.17, 15) is 8.42 Å². The van der Waals surface area contributed by atoms with E-state index < -0.39 is 10.0 Å². The van der Waals surface area contributed by atoms with Gasteiger partial charge in [-0.25, -0.2) is 13.4 Å². The highest BCUT2D eigenvalue weighted by molar-refractivity contribution is 9.10. The molecule has 5 nitrogen and oxygen atoms in total. The van der Waals surface area contributed by atoms with Crippen LogP contribution in [0.2, 0.25) is 0 Å². The Morgan fingerprint density at radius 1 is 1.50 bits per heavy atom. The number of nitrogens with one attached hydrogen (secondary N) is 1. The molecule has 0 spiro atoms. The van der Waals surface area contributed by atoms with Crippen molar-refractivity contribution in [1.29, 1.82) is 0 Å². The fourth-order valence-electron chi connectivity index (χ4n) is 2.04. The molecule has 1 aromatic rings. The first-order chi connectivity index (χ1) is 8.47. The van der Waals surface area contributed by atoms with Crippen LogP contribution < -0.4 is 4.72 Å². The van der Waals surface area contributed by atoms with E-state index >= 15 is 0 Å². The maximum Gasteiger partial charge on any atom is 0.238 e. The van der Waals surface area contributed by atoms with Crippen molar-refractivity contribution in [1.82, 2.24) is 9.88 Å². The van der Waals surface area contributed by atoms with Crippen LogP contribution in [0.1, 0.15) is 12.8 Å². The monoisotopic (exact) mass is 333 g/mol. The van der Waals surface area contributed by atoms with Crippen LogP contribution in [0.3, 0.4) is 0 Å². The summed E-state index contributed by atoms with van der Waals surface area (Å²) in [7, 11) is -1.41. The van der Waals surface area contributed by atoms with Crippen molar-refractivity contribution in [3.8, 4) is 0 Å². The highest BCUT2D eigenvalue weighted by atomic mass is 79.9. The summed E-state index contributed by atoms with van der Waals surface area (Å²) in [5, 5.41) is -0.360. The van der Waals surface area contributed by atoms with Crippen LogP contribution in [-0.4, -0.2) is 43.7 Å². The van der Waals surface area contributed by atoms with Crippen molar-refractivity contribution in [3.05, 3.63) is 22.8 Å². The third kappa shape index (κ3) is 3.43. The molecule has 100 valence electrons. The number of nitrogens with zero attached hydrogens (tertiary/aromatic N) is 2. The molecular formula is C11H16BrN3O2S. The number of likely N-dealkylation sites (tertiary alicyclic amines) is 1. The van der Waals surface area contributed by atoms with E-state index in [0.29, 0.717) is 18.8 Å². The lowest BCUT2D eigenvalue weighted by Crippen LogP contribution is -2.42. The summed E-state index contributed by atoms with van der Waals surface area (Å²) in [6.07, 6.45) is 3.19. The Hall–Kier alpha value is -0.660. The number of sulfonamides is 1. The van der Waals surface area contributed by atoms with Crippen molar-refractivity contribution < 1.29 is 8.42 Å².